The number of hydrogen-bond acceptors (Lipinski definition) is 3. The highest BCUT2D eigenvalue weighted by molar-refractivity contribution is 5.91. The SMILES string of the molecule is CC(C)[C@H]1CN(C(=O)c2nccn2C)CCC(=O)N1Cc1ccc(F)cc1. The summed E-state index contributed by atoms with van der Waals surface area (Å²) in [6.07, 6.45) is 3.59. The predicted molar refractivity (Wildman–Crippen MR) is 99.3 cm³/mol. The van der Waals surface area contributed by atoms with Crippen LogP contribution >= 0.6 is 0 Å². The van der Waals surface area contributed by atoms with E-state index in [1.165, 1.54) is 12.1 Å². The Morgan fingerprint density at radius 3 is 2.59 bits per heavy atom. The maximum atomic E-state index is 13.2. The van der Waals surface area contributed by atoms with Crippen molar-refractivity contribution in [2.24, 2.45) is 13.0 Å². The van der Waals surface area contributed by atoms with Crippen molar-refractivity contribution in [1.82, 2.24) is 19.4 Å². The Labute approximate surface area is 158 Å². The lowest BCUT2D eigenvalue weighted by Crippen LogP contribution is -2.47. The molecule has 3 rings (SSSR count). The van der Waals surface area contributed by atoms with Crippen LogP contribution in [0.5, 0.6) is 0 Å². The van der Waals surface area contributed by atoms with E-state index in [-0.39, 0.29) is 36.0 Å². The number of halogens is 1. The zero-order chi connectivity index (χ0) is 19.6. The Kier molecular flexibility index (Phi) is 5.58. The van der Waals surface area contributed by atoms with Gasteiger partial charge in [0.2, 0.25) is 5.91 Å². The molecule has 2 aromatic rings. The van der Waals surface area contributed by atoms with E-state index >= 15 is 0 Å². The molecule has 1 saturated heterocycles. The first-order valence-electron chi connectivity index (χ1n) is 9.17. The molecule has 1 aliphatic heterocycles. The lowest BCUT2D eigenvalue weighted by Gasteiger charge is -2.34. The number of aromatic nitrogens is 2. The van der Waals surface area contributed by atoms with Crippen molar-refractivity contribution in [2.45, 2.75) is 32.9 Å². The van der Waals surface area contributed by atoms with E-state index in [4.69, 9.17) is 0 Å². The van der Waals surface area contributed by atoms with Gasteiger partial charge < -0.3 is 14.4 Å². The smallest absolute Gasteiger partial charge is 0.289 e. The third-order valence-corrected chi connectivity index (χ3v) is 5.06. The van der Waals surface area contributed by atoms with Gasteiger partial charge in [-0.3, -0.25) is 9.59 Å². The minimum atomic E-state index is -0.298. The molecule has 0 spiro atoms. The first kappa shape index (κ1) is 19.1. The summed E-state index contributed by atoms with van der Waals surface area (Å²) in [5.74, 6) is 0.0899. The quantitative estimate of drug-likeness (QED) is 0.828. The van der Waals surface area contributed by atoms with Gasteiger partial charge in [0.1, 0.15) is 5.82 Å². The highest BCUT2D eigenvalue weighted by Crippen LogP contribution is 2.22. The van der Waals surface area contributed by atoms with Crippen molar-refractivity contribution >= 4 is 11.8 Å². The maximum Gasteiger partial charge on any atom is 0.289 e. The lowest BCUT2D eigenvalue weighted by molar-refractivity contribution is -0.134. The Morgan fingerprint density at radius 2 is 2.00 bits per heavy atom. The van der Waals surface area contributed by atoms with Gasteiger partial charge in [-0.05, 0) is 23.6 Å². The molecule has 0 radical (unpaired) electrons. The van der Waals surface area contributed by atoms with Gasteiger partial charge in [0.15, 0.2) is 5.82 Å². The van der Waals surface area contributed by atoms with Crippen LogP contribution in [0.4, 0.5) is 4.39 Å². The largest absolute Gasteiger partial charge is 0.333 e. The summed E-state index contributed by atoms with van der Waals surface area (Å²) in [4.78, 5) is 33.4. The number of imidazole rings is 1. The van der Waals surface area contributed by atoms with Crippen LogP contribution < -0.4 is 0 Å². The standard InChI is InChI=1S/C20H25FN4O2/c1-14(2)17-13-24(20(27)19-22-9-11-23(19)3)10-8-18(26)25(17)12-15-4-6-16(21)7-5-15/h4-7,9,11,14,17H,8,10,12-13H2,1-3H3/t17-/m1/s1. The number of rotatable bonds is 4. The summed E-state index contributed by atoms with van der Waals surface area (Å²) in [5.41, 5.74) is 0.874. The number of aryl methyl sites for hydroxylation is 1. The summed E-state index contributed by atoms with van der Waals surface area (Å²) < 4.78 is 14.9. The number of nitrogens with zero attached hydrogens (tertiary/aromatic N) is 4. The molecule has 1 atom stereocenters. The summed E-state index contributed by atoms with van der Waals surface area (Å²) in [6, 6.07) is 6.08. The molecule has 144 valence electrons. The van der Waals surface area contributed by atoms with Crippen molar-refractivity contribution in [3.8, 4) is 0 Å². The van der Waals surface area contributed by atoms with Crippen molar-refractivity contribution < 1.29 is 14.0 Å². The van der Waals surface area contributed by atoms with Crippen LogP contribution in [0.2, 0.25) is 0 Å². The Morgan fingerprint density at radius 1 is 1.30 bits per heavy atom. The van der Waals surface area contributed by atoms with E-state index < -0.39 is 0 Å². The molecule has 27 heavy (non-hydrogen) atoms. The van der Waals surface area contributed by atoms with Crippen LogP contribution in [-0.4, -0.2) is 50.3 Å². The average Bonchev–Trinajstić information content (AvgIpc) is 2.99. The summed E-state index contributed by atoms with van der Waals surface area (Å²) in [5, 5.41) is 0. The second-order valence-corrected chi connectivity index (χ2v) is 7.32. The molecule has 0 saturated carbocycles. The van der Waals surface area contributed by atoms with Crippen LogP contribution in [0.25, 0.3) is 0 Å². The number of amides is 2. The van der Waals surface area contributed by atoms with Crippen molar-refractivity contribution in [3.63, 3.8) is 0 Å². The molecule has 7 heteroatoms. The fourth-order valence-corrected chi connectivity index (χ4v) is 3.44. The molecule has 0 unspecified atom stereocenters. The number of benzene rings is 1. The predicted octanol–water partition coefficient (Wildman–Crippen LogP) is 2.46. The highest BCUT2D eigenvalue weighted by atomic mass is 19.1. The first-order valence-corrected chi connectivity index (χ1v) is 9.17. The van der Waals surface area contributed by atoms with E-state index in [0.29, 0.717) is 25.5 Å². The van der Waals surface area contributed by atoms with Gasteiger partial charge in [0.05, 0.1) is 6.04 Å². The lowest BCUT2D eigenvalue weighted by atomic mass is 10.0. The molecule has 2 heterocycles. The summed E-state index contributed by atoms with van der Waals surface area (Å²) in [7, 11) is 1.78. The molecule has 0 aliphatic carbocycles. The second kappa shape index (κ2) is 7.90. The molecule has 0 N–H and O–H groups in total. The minimum Gasteiger partial charge on any atom is -0.333 e. The van der Waals surface area contributed by atoms with Crippen LogP contribution in [0.15, 0.2) is 36.7 Å². The fraction of sp³-hybridized carbons (Fsp3) is 0.450. The van der Waals surface area contributed by atoms with Gasteiger partial charge in [-0.25, -0.2) is 9.37 Å². The zero-order valence-corrected chi connectivity index (χ0v) is 15.9. The monoisotopic (exact) mass is 372 g/mol. The Bertz CT molecular complexity index is 816. The molecular formula is C20H25FN4O2. The van der Waals surface area contributed by atoms with Gasteiger partial charge in [0.25, 0.3) is 5.91 Å². The van der Waals surface area contributed by atoms with E-state index in [1.807, 2.05) is 18.7 Å². The molecule has 1 aromatic heterocycles. The fourth-order valence-electron chi connectivity index (χ4n) is 3.44. The third kappa shape index (κ3) is 4.18. The van der Waals surface area contributed by atoms with E-state index in [1.54, 1.807) is 41.0 Å². The Hall–Kier alpha value is -2.70. The number of hydrogen-bond donors (Lipinski definition) is 0. The molecule has 0 bridgehead atoms. The van der Waals surface area contributed by atoms with Gasteiger partial charge >= 0.3 is 0 Å². The van der Waals surface area contributed by atoms with Crippen molar-refractivity contribution in [3.05, 3.63) is 53.9 Å². The van der Waals surface area contributed by atoms with Gasteiger partial charge in [-0.15, -0.1) is 0 Å². The normalized spacial score (nSPS) is 18.1. The van der Waals surface area contributed by atoms with E-state index in [0.717, 1.165) is 5.56 Å². The number of carbonyl (C=O) groups is 2. The zero-order valence-electron chi connectivity index (χ0n) is 15.9. The molecule has 1 fully saturated rings. The molecule has 6 nitrogen and oxygen atoms in total. The van der Waals surface area contributed by atoms with E-state index in [9.17, 15) is 14.0 Å². The van der Waals surface area contributed by atoms with Crippen LogP contribution in [0, 0.1) is 11.7 Å². The van der Waals surface area contributed by atoms with Crippen LogP contribution in [0.1, 0.15) is 36.5 Å². The van der Waals surface area contributed by atoms with Crippen molar-refractivity contribution in [1.29, 1.82) is 0 Å². The Balaban J connectivity index is 1.83. The topological polar surface area (TPSA) is 58.4 Å². The summed E-state index contributed by atoms with van der Waals surface area (Å²) >= 11 is 0. The maximum absolute atomic E-state index is 13.2. The van der Waals surface area contributed by atoms with E-state index in [2.05, 4.69) is 4.98 Å². The second-order valence-electron chi connectivity index (χ2n) is 7.32. The molecular weight excluding hydrogens is 347 g/mol. The summed E-state index contributed by atoms with van der Waals surface area (Å²) in [6.45, 7) is 5.32. The van der Waals surface area contributed by atoms with Gasteiger partial charge in [0, 0.05) is 45.5 Å². The molecule has 1 aromatic carbocycles. The highest BCUT2D eigenvalue weighted by Gasteiger charge is 2.34. The van der Waals surface area contributed by atoms with Gasteiger partial charge in [-0.1, -0.05) is 26.0 Å². The van der Waals surface area contributed by atoms with Gasteiger partial charge in [-0.2, -0.15) is 0 Å². The minimum absolute atomic E-state index is 0.00756. The van der Waals surface area contributed by atoms with Crippen LogP contribution in [0.3, 0.4) is 0 Å². The number of carbonyl (C=O) groups excluding carboxylic acids is 2. The molecule has 2 amide bonds. The van der Waals surface area contributed by atoms with Crippen molar-refractivity contribution in [2.75, 3.05) is 13.1 Å². The van der Waals surface area contributed by atoms with Crippen LogP contribution in [-0.2, 0) is 18.4 Å². The first-order chi connectivity index (χ1) is 12.9. The third-order valence-electron chi connectivity index (χ3n) is 5.06. The average molecular weight is 372 g/mol. The molecule has 1 aliphatic rings.